The minimum absolute atomic E-state index is 0.287. The second kappa shape index (κ2) is 7.45. The fourth-order valence-electron chi connectivity index (χ4n) is 4.16. The molecule has 5 aromatic rings. The van der Waals surface area contributed by atoms with Crippen molar-refractivity contribution in [2.24, 2.45) is 0 Å². The molecular formula is C27H19NO2. The van der Waals surface area contributed by atoms with E-state index in [4.69, 9.17) is 0 Å². The lowest BCUT2D eigenvalue weighted by Crippen LogP contribution is -2.35. The minimum atomic E-state index is -0.522. The molecule has 0 aliphatic carbocycles. The highest BCUT2D eigenvalue weighted by Crippen LogP contribution is 2.26. The van der Waals surface area contributed by atoms with Gasteiger partial charge >= 0.3 is 0 Å². The zero-order valence-corrected chi connectivity index (χ0v) is 16.2. The summed E-state index contributed by atoms with van der Waals surface area (Å²) < 4.78 is 1.41. The third kappa shape index (κ3) is 2.92. The Morgan fingerprint density at radius 3 is 1.17 bits per heavy atom. The SMILES string of the molecule is O=c1c2ccccc2c2ccccc2c(=O)n1C(c1ccccc1)c1ccccc1. The molecule has 0 fully saturated rings. The average Bonchev–Trinajstić information content (AvgIpc) is 2.91. The van der Waals surface area contributed by atoms with Crippen LogP contribution in [0, 0.1) is 0 Å². The van der Waals surface area contributed by atoms with E-state index in [0.29, 0.717) is 10.8 Å². The van der Waals surface area contributed by atoms with Crippen LogP contribution in [-0.2, 0) is 0 Å². The van der Waals surface area contributed by atoms with E-state index < -0.39 is 6.04 Å². The fraction of sp³-hybridized carbons (Fsp3) is 0.0370. The standard InChI is InChI=1S/C27H19NO2/c29-26-23-17-9-7-15-21(23)22-16-8-10-18-24(22)27(30)28(26)25(19-11-3-1-4-12-19)20-13-5-2-6-14-20/h1-18,25H. The number of hydrogen-bond acceptors (Lipinski definition) is 2. The van der Waals surface area contributed by atoms with Gasteiger partial charge in [-0.05, 0) is 34.0 Å². The average molecular weight is 389 g/mol. The van der Waals surface area contributed by atoms with Gasteiger partial charge < -0.3 is 0 Å². The molecule has 30 heavy (non-hydrogen) atoms. The summed E-state index contributed by atoms with van der Waals surface area (Å²) in [6.45, 7) is 0. The molecule has 0 aliphatic rings. The highest BCUT2D eigenvalue weighted by Gasteiger charge is 2.21. The first kappa shape index (κ1) is 18.1. The van der Waals surface area contributed by atoms with Crippen molar-refractivity contribution in [2.45, 2.75) is 6.04 Å². The number of hydrogen-bond donors (Lipinski definition) is 0. The van der Waals surface area contributed by atoms with E-state index in [-0.39, 0.29) is 11.1 Å². The number of benzene rings is 4. The van der Waals surface area contributed by atoms with Crippen LogP contribution in [0.4, 0.5) is 0 Å². The van der Waals surface area contributed by atoms with Crippen LogP contribution in [-0.4, -0.2) is 4.57 Å². The Labute approximate surface area is 173 Å². The summed E-state index contributed by atoms with van der Waals surface area (Å²) in [5.74, 6) is 0. The van der Waals surface area contributed by atoms with E-state index >= 15 is 0 Å². The van der Waals surface area contributed by atoms with Crippen molar-refractivity contribution >= 4 is 21.5 Å². The van der Waals surface area contributed by atoms with E-state index in [2.05, 4.69) is 0 Å². The third-order valence-electron chi connectivity index (χ3n) is 5.53. The Balaban J connectivity index is 2.01. The number of rotatable bonds is 3. The second-order valence-electron chi connectivity index (χ2n) is 7.30. The zero-order chi connectivity index (χ0) is 20.5. The van der Waals surface area contributed by atoms with Crippen LogP contribution in [0.1, 0.15) is 17.2 Å². The largest absolute Gasteiger partial charge is 0.269 e. The summed E-state index contributed by atoms with van der Waals surface area (Å²) in [5, 5.41) is 2.64. The zero-order valence-electron chi connectivity index (χ0n) is 16.2. The lowest BCUT2D eigenvalue weighted by Gasteiger charge is -2.19. The van der Waals surface area contributed by atoms with Crippen molar-refractivity contribution < 1.29 is 0 Å². The van der Waals surface area contributed by atoms with Crippen molar-refractivity contribution in [2.75, 3.05) is 0 Å². The van der Waals surface area contributed by atoms with E-state index in [9.17, 15) is 9.59 Å². The lowest BCUT2D eigenvalue weighted by atomic mass is 9.98. The van der Waals surface area contributed by atoms with Gasteiger partial charge in [-0.25, -0.2) is 0 Å². The Hall–Kier alpha value is -3.98. The molecule has 1 heterocycles. The maximum Gasteiger partial charge on any atom is 0.262 e. The predicted octanol–water partition coefficient (Wildman–Crippen LogP) is 5.15. The smallest absolute Gasteiger partial charge is 0.262 e. The van der Waals surface area contributed by atoms with Crippen LogP contribution >= 0.6 is 0 Å². The van der Waals surface area contributed by atoms with Gasteiger partial charge in [-0.1, -0.05) is 97.1 Å². The van der Waals surface area contributed by atoms with Crippen molar-refractivity contribution in [3.8, 4) is 0 Å². The first-order valence-corrected chi connectivity index (χ1v) is 9.92. The van der Waals surface area contributed by atoms with Crippen molar-refractivity contribution in [1.29, 1.82) is 0 Å². The second-order valence-corrected chi connectivity index (χ2v) is 7.30. The summed E-state index contributed by atoms with van der Waals surface area (Å²) >= 11 is 0. The molecule has 5 rings (SSSR count). The van der Waals surface area contributed by atoms with Gasteiger partial charge in [0.05, 0.1) is 6.04 Å². The van der Waals surface area contributed by atoms with Crippen LogP contribution in [0.25, 0.3) is 21.5 Å². The molecule has 0 spiro atoms. The summed E-state index contributed by atoms with van der Waals surface area (Å²) in [4.78, 5) is 27.6. The van der Waals surface area contributed by atoms with Gasteiger partial charge in [-0.3, -0.25) is 14.2 Å². The van der Waals surface area contributed by atoms with Gasteiger partial charge in [-0.2, -0.15) is 0 Å². The number of nitrogens with zero attached hydrogens (tertiary/aromatic N) is 1. The monoisotopic (exact) mass is 389 g/mol. The predicted molar refractivity (Wildman–Crippen MR) is 122 cm³/mol. The summed E-state index contributed by atoms with van der Waals surface area (Å²) in [7, 11) is 0. The summed E-state index contributed by atoms with van der Waals surface area (Å²) in [5.41, 5.74) is 1.21. The molecule has 0 saturated carbocycles. The van der Waals surface area contributed by atoms with Gasteiger partial charge in [0.15, 0.2) is 0 Å². The lowest BCUT2D eigenvalue weighted by molar-refractivity contribution is 0.640. The van der Waals surface area contributed by atoms with Crippen LogP contribution < -0.4 is 11.1 Å². The highest BCUT2D eigenvalue weighted by atomic mass is 16.2. The van der Waals surface area contributed by atoms with Crippen molar-refractivity contribution in [1.82, 2.24) is 4.57 Å². The molecule has 0 radical (unpaired) electrons. The van der Waals surface area contributed by atoms with E-state index in [1.165, 1.54) is 4.57 Å². The molecule has 0 amide bonds. The van der Waals surface area contributed by atoms with Crippen LogP contribution in [0.2, 0.25) is 0 Å². The van der Waals surface area contributed by atoms with Crippen molar-refractivity contribution in [3.05, 3.63) is 141 Å². The summed E-state index contributed by atoms with van der Waals surface area (Å²) in [6.07, 6.45) is 0. The van der Waals surface area contributed by atoms with Gasteiger partial charge in [0.25, 0.3) is 11.1 Å². The molecule has 3 heteroatoms. The molecule has 0 atom stereocenters. The van der Waals surface area contributed by atoms with Gasteiger partial charge in [0, 0.05) is 10.8 Å². The fourth-order valence-corrected chi connectivity index (χ4v) is 4.16. The van der Waals surface area contributed by atoms with Gasteiger partial charge in [0.1, 0.15) is 0 Å². The molecule has 0 saturated heterocycles. The quantitative estimate of drug-likeness (QED) is 0.428. The molecule has 144 valence electrons. The molecule has 0 bridgehead atoms. The molecule has 1 aromatic heterocycles. The Morgan fingerprint density at radius 2 is 0.767 bits per heavy atom. The van der Waals surface area contributed by atoms with Gasteiger partial charge in [-0.15, -0.1) is 0 Å². The first-order chi connectivity index (χ1) is 14.8. The summed E-state index contributed by atoms with van der Waals surface area (Å²) in [6, 6.07) is 33.8. The molecule has 4 aromatic carbocycles. The van der Waals surface area contributed by atoms with E-state index in [1.807, 2.05) is 97.1 Å². The maximum atomic E-state index is 13.8. The highest BCUT2D eigenvalue weighted by molar-refractivity contribution is 6.05. The maximum absolute atomic E-state index is 13.8. The minimum Gasteiger partial charge on any atom is -0.269 e. The van der Waals surface area contributed by atoms with Crippen LogP contribution in [0.3, 0.4) is 0 Å². The topological polar surface area (TPSA) is 39.1 Å². The first-order valence-electron chi connectivity index (χ1n) is 9.92. The van der Waals surface area contributed by atoms with Crippen molar-refractivity contribution in [3.63, 3.8) is 0 Å². The Kier molecular flexibility index (Phi) is 4.49. The Morgan fingerprint density at radius 1 is 0.433 bits per heavy atom. The molecule has 0 unspecified atom stereocenters. The van der Waals surface area contributed by atoms with Crippen LogP contribution in [0.15, 0.2) is 119 Å². The number of fused-ring (bicyclic) bond motifs is 3. The molecule has 0 N–H and O–H groups in total. The Bertz CT molecular complexity index is 1360. The molecule has 3 nitrogen and oxygen atoms in total. The van der Waals surface area contributed by atoms with Crippen LogP contribution in [0.5, 0.6) is 0 Å². The van der Waals surface area contributed by atoms with E-state index in [1.54, 1.807) is 12.1 Å². The molecular weight excluding hydrogens is 370 g/mol. The number of aromatic nitrogens is 1. The normalized spacial score (nSPS) is 11.2. The van der Waals surface area contributed by atoms with Gasteiger partial charge in [0.2, 0.25) is 0 Å². The molecule has 0 aliphatic heterocycles. The van der Waals surface area contributed by atoms with E-state index in [0.717, 1.165) is 21.9 Å². The third-order valence-corrected chi connectivity index (χ3v) is 5.53.